The van der Waals surface area contributed by atoms with Crippen LogP contribution in [-0.2, 0) is 5.54 Å². The van der Waals surface area contributed by atoms with Crippen LogP contribution in [-0.4, -0.2) is 0 Å². The van der Waals surface area contributed by atoms with Crippen molar-refractivity contribution in [1.29, 1.82) is 0 Å². The maximum Gasteiger partial charge on any atom is 0.0444 e. The second-order valence-corrected chi connectivity index (χ2v) is 3.76. The average molecular weight is 189 g/mol. The molecule has 0 unspecified atom stereocenters. The zero-order valence-electron chi connectivity index (χ0n) is 8.87. The molecule has 1 heteroatoms. The van der Waals surface area contributed by atoms with Gasteiger partial charge in [-0.1, -0.05) is 49.8 Å². The van der Waals surface area contributed by atoms with Gasteiger partial charge in [0.1, 0.15) is 0 Å². The molecule has 0 spiro atoms. The van der Waals surface area contributed by atoms with E-state index < -0.39 is 0 Å². The van der Waals surface area contributed by atoms with Crippen molar-refractivity contribution in [2.75, 3.05) is 0 Å². The fourth-order valence-corrected chi connectivity index (χ4v) is 1.84. The Morgan fingerprint density at radius 2 is 2.00 bits per heavy atom. The molecule has 1 aromatic carbocycles. The van der Waals surface area contributed by atoms with Crippen LogP contribution >= 0.6 is 0 Å². The van der Waals surface area contributed by atoms with Gasteiger partial charge in [0.15, 0.2) is 0 Å². The van der Waals surface area contributed by atoms with Crippen LogP contribution in [0.1, 0.15) is 31.7 Å². The van der Waals surface area contributed by atoms with Crippen molar-refractivity contribution in [3.8, 4) is 0 Å². The monoisotopic (exact) mass is 189 g/mol. The predicted octanol–water partition coefficient (Wildman–Crippen LogP) is 3.22. The van der Waals surface area contributed by atoms with Crippen molar-refractivity contribution in [2.24, 2.45) is 5.73 Å². The minimum atomic E-state index is -0.224. The summed E-state index contributed by atoms with van der Waals surface area (Å²) >= 11 is 0. The fourth-order valence-electron chi connectivity index (χ4n) is 1.84. The quantitative estimate of drug-likeness (QED) is 0.707. The summed E-state index contributed by atoms with van der Waals surface area (Å²) in [6.07, 6.45) is 4.84. The molecule has 2 N–H and O–H groups in total. The van der Waals surface area contributed by atoms with E-state index in [0.29, 0.717) is 0 Å². The van der Waals surface area contributed by atoms with Crippen LogP contribution < -0.4 is 5.73 Å². The van der Waals surface area contributed by atoms with Crippen LogP contribution in [0.5, 0.6) is 0 Å². The van der Waals surface area contributed by atoms with Gasteiger partial charge in [0.2, 0.25) is 0 Å². The second-order valence-electron chi connectivity index (χ2n) is 3.76. The first-order chi connectivity index (χ1) is 6.73. The van der Waals surface area contributed by atoms with Gasteiger partial charge in [0, 0.05) is 5.54 Å². The first-order valence-corrected chi connectivity index (χ1v) is 5.18. The maximum atomic E-state index is 6.37. The Morgan fingerprint density at radius 3 is 2.50 bits per heavy atom. The molecule has 0 aliphatic carbocycles. The molecule has 0 aromatic heterocycles. The summed E-state index contributed by atoms with van der Waals surface area (Å²) in [4.78, 5) is 0. The van der Waals surface area contributed by atoms with E-state index in [0.717, 1.165) is 19.3 Å². The lowest BCUT2D eigenvalue weighted by molar-refractivity contribution is 0.408. The van der Waals surface area contributed by atoms with Crippen LogP contribution in [0.25, 0.3) is 0 Å². The van der Waals surface area contributed by atoms with Crippen molar-refractivity contribution < 1.29 is 0 Å². The molecule has 0 amide bonds. The van der Waals surface area contributed by atoms with E-state index >= 15 is 0 Å². The molecule has 0 aliphatic heterocycles. The van der Waals surface area contributed by atoms with Crippen LogP contribution in [0.3, 0.4) is 0 Å². The molecule has 1 rings (SSSR count). The largest absolute Gasteiger partial charge is 0.321 e. The summed E-state index contributed by atoms with van der Waals surface area (Å²) in [5, 5.41) is 0. The van der Waals surface area contributed by atoms with Crippen molar-refractivity contribution in [3.05, 3.63) is 48.6 Å². The molecule has 14 heavy (non-hydrogen) atoms. The van der Waals surface area contributed by atoms with Gasteiger partial charge in [0.05, 0.1) is 0 Å². The molecule has 1 atom stereocenters. The van der Waals surface area contributed by atoms with E-state index in [1.54, 1.807) is 0 Å². The molecule has 0 heterocycles. The highest BCUT2D eigenvalue weighted by Crippen LogP contribution is 2.27. The molecule has 1 nitrogen and oxygen atoms in total. The van der Waals surface area contributed by atoms with Crippen molar-refractivity contribution in [2.45, 2.75) is 31.7 Å². The molecule has 0 saturated heterocycles. The van der Waals surface area contributed by atoms with Gasteiger partial charge < -0.3 is 5.73 Å². The Balaban J connectivity index is 2.92. The summed E-state index contributed by atoms with van der Waals surface area (Å²) in [7, 11) is 0. The highest BCUT2D eigenvalue weighted by Gasteiger charge is 2.23. The third-order valence-corrected chi connectivity index (χ3v) is 2.55. The fraction of sp³-hybridized carbons (Fsp3) is 0.385. The SMILES string of the molecule is C=CC[C@@](N)(CCC)c1ccccc1. The summed E-state index contributed by atoms with van der Waals surface area (Å²) in [6.45, 7) is 5.93. The molecule has 0 aliphatic rings. The highest BCUT2D eigenvalue weighted by atomic mass is 14.7. The summed E-state index contributed by atoms with van der Waals surface area (Å²) in [6, 6.07) is 10.3. The number of nitrogens with two attached hydrogens (primary N) is 1. The Labute approximate surface area is 86.6 Å². The summed E-state index contributed by atoms with van der Waals surface area (Å²) in [5.74, 6) is 0. The van der Waals surface area contributed by atoms with E-state index in [2.05, 4.69) is 25.6 Å². The van der Waals surface area contributed by atoms with E-state index in [-0.39, 0.29) is 5.54 Å². The standard InChI is InChI=1S/C13H19N/c1-3-10-13(14,11-4-2)12-8-6-5-7-9-12/h3,5-9H,1,4,10-11,14H2,2H3/t13-/m1/s1. The van der Waals surface area contributed by atoms with Gasteiger partial charge in [-0.15, -0.1) is 6.58 Å². The average Bonchev–Trinajstić information content (AvgIpc) is 2.20. The zero-order valence-corrected chi connectivity index (χ0v) is 8.87. The topological polar surface area (TPSA) is 26.0 Å². The van der Waals surface area contributed by atoms with Gasteiger partial charge >= 0.3 is 0 Å². The molecule has 0 fully saturated rings. The number of benzene rings is 1. The van der Waals surface area contributed by atoms with Crippen molar-refractivity contribution in [1.82, 2.24) is 0 Å². The van der Waals surface area contributed by atoms with Gasteiger partial charge in [-0.2, -0.15) is 0 Å². The third kappa shape index (κ3) is 2.46. The predicted molar refractivity (Wildman–Crippen MR) is 62.0 cm³/mol. The van der Waals surface area contributed by atoms with Crippen LogP contribution in [0.2, 0.25) is 0 Å². The third-order valence-electron chi connectivity index (χ3n) is 2.55. The zero-order chi connectivity index (χ0) is 10.4. The number of hydrogen-bond donors (Lipinski definition) is 1. The smallest absolute Gasteiger partial charge is 0.0444 e. The molecule has 76 valence electrons. The second kappa shape index (κ2) is 4.97. The van der Waals surface area contributed by atoms with Crippen LogP contribution in [0.15, 0.2) is 43.0 Å². The minimum absolute atomic E-state index is 0.224. The number of rotatable bonds is 5. The lowest BCUT2D eigenvalue weighted by Gasteiger charge is -2.28. The first-order valence-electron chi connectivity index (χ1n) is 5.18. The van der Waals surface area contributed by atoms with Gasteiger partial charge in [-0.05, 0) is 18.4 Å². The maximum absolute atomic E-state index is 6.37. The summed E-state index contributed by atoms with van der Waals surface area (Å²) in [5.41, 5.74) is 7.35. The van der Waals surface area contributed by atoms with Crippen LogP contribution in [0, 0.1) is 0 Å². The van der Waals surface area contributed by atoms with E-state index in [1.165, 1.54) is 5.56 Å². The van der Waals surface area contributed by atoms with Crippen molar-refractivity contribution >= 4 is 0 Å². The Bertz CT molecular complexity index is 279. The molecule has 0 radical (unpaired) electrons. The lowest BCUT2D eigenvalue weighted by atomic mass is 9.84. The van der Waals surface area contributed by atoms with E-state index in [4.69, 9.17) is 5.73 Å². The molecular weight excluding hydrogens is 170 g/mol. The van der Waals surface area contributed by atoms with Gasteiger partial charge in [0.25, 0.3) is 0 Å². The molecule has 0 bridgehead atoms. The van der Waals surface area contributed by atoms with E-state index in [9.17, 15) is 0 Å². The van der Waals surface area contributed by atoms with Crippen LogP contribution in [0.4, 0.5) is 0 Å². The summed E-state index contributed by atoms with van der Waals surface area (Å²) < 4.78 is 0. The van der Waals surface area contributed by atoms with Gasteiger partial charge in [-0.25, -0.2) is 0 Å². The van der Waals surface area contributed by atoms with Gasteiger partial charge in [-0.3, -0.25) is 0 Å². The highest BCUT2D eigenvalue weighted by molar-refractivity contribution is 5.24. The lowest BCUT2D eigenvalue weighted by Crippen LogP contribution is -2.35. The Hall–Kier alpha value is -1.08. The Kier molecular flexibility index (Phi) is 3.90. The normalized spacial score (nSPS) is 14.7. The van der Waals surface area contributed by atoms with E-state index in [1.807, 2.05) is 24.3 Å². The minimum Gasteiger partial charge on any atom is -0.321 e. The molecule has 1 aromatic rings. The first kappa shape index (κ1) is 11.0. The molecular formula is C13H19N. The van der Waals surface area contributed by atoms with Crippen molar-refractivity contribution in [3.63, 3.8) is 0 Å². The number of hydrogen-bond acceptors (Lipinski definition) is 1. The Morgan fingerprint density at radius 1 is 1.36 bits per heavy atom. The molecule has 0 saturated carbocycles.